The largest absolute Gasteiger partial charge is 0.396 e. The normalized spacial score (nSPS) is 22.6. The van der Waals surface area contributed by atoms with E-state index in [4.69, 9.17) is 5.11 Å². The van der Waals surface area contributed by atoms with E-state index in [1.165, 1.54) is 4.90 Å². The quantitative estimate of drug-likeness (QED) is 0.542. The van der Waals surface area contributed by atoms with Crippen molar-refractivity contribution >= 4 is 11.8 Å². The van der Waals surface area contributed by atoms with Crippen molar-refractivity contribution in [3.8, 4) is 0 Å². The summed E-state index contributed by atoms with van der Waals surface area (Å²) in [6.45, 7) is 0.517. The Morgan fingerprint density at radius 3 is 2.44 bits per heavy atom. The number of aliphatic hydroxyl groups excluding tert-OH is 1. The van der Waals surface area contributed by atoms with Gasteiger partial charge in [0.2, 0.25) is 11.8 Å². The Kier molecular flexibility index (Phi) is 5.85. The highest BCUT2D eigenvalue weighted by atomic mass is 16.3. The third kappa shape index (κ3) is 3.84. The van der Waals surface area contributed by atoms with Gasteiger partial charge in [0.1, 0.15) is 0 Å². The minimum absolute atomic E-state index is 0.00154. The second-order valence-corrected chi connectivity index (χ2v) is 4.76. The first-order valence-electron chi connectivity index (χ1n) is 6.32. The maximum absolute atomic E-state index is 12.0. The summed E-state index contributed by atoms with van der Waals surface area (Å²) in [6.07, 6.45) is 5.68. The number of amides is 2. The van der Waals surface area contributed by atoms with Crippen molar-refractivity contribution in [2.75, 3.05) is 27.2 Å². The molecule has 1 rings (SSSR count). The first-order chi connectivity index (χ1) is 8.57. The lowest BCUT2D eigenvalue weighted by atomic mass is 9.81. The molecular weight excluding hydrogens is 232 g/mol. The smallest absolute Gasteiger partial charge is 0.226 e. The molecule has 0 saturated carbocycles. The summed E-state index contributed by atoms with van der Waals surface area (Å²) < 4.78 is 0. The van der Waals surface area contributed by atoms with Gasteiger partial charge in [-0.15, -0.1) is 0 Å². The number of carbonyl (C=O) groups excluding carboxylic acids is 2. The van der Waals surface area contributed by atoms with Crippen LogP contribution in [0, 0.1) is 11.8 Å². The van der Waals surface area contributed by atoms with Gasteiger partial charge in [-0.05, 0) is 19.3 Å². The van der Waals surface area contributed by atoms with Gasteiger partial charge >= 0.3 is 0 Å². The topological polar surface area (TPSA) is 69.6 Å². The summed E-state index contributed by atoms with van der Waals surface area (Å²) in [5, 5.41) is 11.5. The van der Waals surface area contributed by atoms with Crippen LogP contribution in [-0.4, -0.2) is 49.1 Å². The number of carbonyl (C=O) groups is 2. The molecule has 0 aromatic rings. The molecule has 0 bridgehead atoms. The van der Waals surface area contributed by atoms with Crippen molar-refractivity contribution in [2.45, 2.75) is 19.3 Å². The zero-order valence-corrected chi connectivity index (χ0v) is 11.1. The number of nitrogens with one attached hydrogen (secondary N) is 1. The molecular formula is C13H22N2O3. The van der Waals surface area contributed by atoms with E-state index in [0.29, 0.717) is 25.8 Å². The fourth-order valence-corrected chi connectivity index (χ4v) is 2.13. The fraction of sp³-hybridized carbons (Fsp3) is 0.692. The van der Waals surface area contributed by atoms with Gasteiger partial charge in [0.25, 0.3) is 0 Å². The van der Waals surface area contributed by atoms with Gasteiger partial charge in [0, 0.05) is 27.2 Å². The van der Waals surface area contributed by atoms with Crippen LogP contribution in [0.25, 0.3) is 0 Å². The molecule has 5 heteroatoms. The van der Waals surface area contributed by atoms with Crippen LogP contribution in [0.5, 0.6) is 0 Å². The van der Waals surface area contributed by atoms with Crippen LogP contribution >= 0.6 is 0 Å². The molecule has 1 aliphatic rings. The van der Waals surface area contributed by atoms with E-state index in [1.807, 2.05) is 12.2 Å². The highest BCUT2D eigenvalue weighted by molar-refractivity contribution is 5.88. The minimum atomic E-state index is -0.288. The van der Waals surface area contributed by atoms with Crippen molar-refractivity contribution < 1.29 is 14.7 Å². The zero-order chi connectivity index (χ0) is 13.5. The maximum Gasteiger partial charge on any atom is 0.226 e. The SMILES string of the molecule is CN(C)C(=O)C1CC=CCC1C(=O)NCCCO. The first-order valence-corrected chi connectivity index (χ1v) is 6.32. The molecule has 0 saturated heterocycles. The molecule has 0 heterocycles. The number of nitrogens with zero attached hydrogens (tertiary/aromatic N) is 1. The van der Waals surface area contributed by atoms with Gasteiger partial charge in [-0.25, -0.2) is 0 Å². The summed E-state index contributed by atoms with van der Waals surface area (Å²) in [5.74, 6) is -0.641. The Bertz CT molecular complexity index is 326. The molecule has 0 fully saturated rings. The maximum atomic E-state index is 12.0. The molecule has 102 valence electrons. The van der Waals surface area contributed by atoms with Crippen molar-refractivity contribution in [1.29, 1.82) is 0 Å². The lowest BCUT2D eigenvalue weighted by molar-refractivity contribution is -0.140. The molecule has 2 atom stereocenters. The first kappa shape index (κ1) is 14.7. The number of hydrogen-bond acceptors (Lipinski definition) is 3. The Balaban J connectivity index is 2.62. The molecule has 2 N–H and O–H groups in total. The third-order valence-corrected chi connectivity index (χ3v) is 3.16. The van der Waals surface area contributed by atoms with Crippen LogP contribution < -0.4 is 5.32 Å². The van der Waals surface area contributed by atoms with Gasteiger partial charge in [-0.1, -0.05) is 12.2 Å². The van der Waals surface area contributed by atoms with Crippen LogP contribution in [0.2, 0.25) is 0 Å². The highest BCUT2D eigenvalue weighted by Gasteiger charge is 2.34. The minimum Gasteiger partial charge on any atom is -0.396 e. The van der Waals surface area contributed by atoms with E-state index >= 15 is 0 Å². The van der Waals surface area contributed by atoms with Gasteiger partial charge in [-0.2, -0.15) is 0 Å². The predicted octanol–water partition coefficient (Wildman–Crippen LogP) is 0.156. The van der Waals surface area contributed by atoms with E-state index in [1.54, 1.807) is 14.1 Å². The fourth-order valence-electron chi connectivity index (χ4n) is 2.13. The Morgan fingerprint density at radius 2 is 1.89 bits per heavy atom. The van der Waals surface area contributed by atoms with Crippen molar-refractivity contribution in [3.63, 3.8) is 0 Å². The average molecular weight is 254 g/mol. The van der Waals surface area contributed by atoms with Crippen LogP contribution in [0.15, 0.2) is 12.2 Å². The molecule has 2 unspecified atom stereocenters. The van der Waals surface area contributed by atoms with Crippen LogP contribution in [-0.2, 0) is 9.59 Å². The van der Waals surface area contributed by atoms with Gasteiger partial charge in [0.05, 0.1) is 11.8 Å². The molecule has 1 aliphatic carbocycles. The molecule has 5 nitrogen and oxygen atoms in total. The average Bonchev–Trinajstić information content (AvgIpc) is 2.38. The summed E-state index contributed by atoms with van der Waals surface area (Å²) in [6, 6.07) is 0. The Morgan fingerprint density at radius 1 is 1.28 bits per heavy atom. The van der Waals surface area contributed by atoms with Crippen LogP contribution in [0.3, 0.4) is 0 Å². The molecule has 0 aromatic heterocycles. The van der Waals surface area contributed by atoms with Crippen LogP contribution in [0.1, 0.15) is 19.3 Å². The van der Waals surface area contributed by atoms with Crippen molar-refractivity contribution in [3.05, 3.63) is 12.2 Å². The van der Waals surface area contributed by atoms with E-state index in [-0.39, 0.29) is 30.3 Å². The molecule has 0 aliphatic heterocycles. The second kappa shape index (κ2) is 7.16. The molecule has 0 spiro atoms. The summed E-state index contributed by atoms with van der Waals surface area (Å²) in [4.78, 5) is 25.6. The third-order valence-electron chi connectivity index (χ3n) is 3.16. The van der Waals surface area contributed by atoms with Gasteiger partial charge in [-0.3, -0.25) is 9.59 Å². The predicted molar refractivity (Wildman–Crippen MR) is 68.8 cm³/mol. The Labute approximate surface area is 108 Å². The van der Waals surface area contributed by atoms with Crippen molar-refractivity contribution in [2.24, 2.45) is 11.8 Å². The number of aliphatic hydroxyl groups is 1. The highest BCUT2D eigenvalue weighted by Crippen LogP contribution is 2.27. The number of rotatable bonds is 5. The number of hydrogen-bond donors (Lipinski definition) is 2. The second-order valence-electron chi connectivity index (χ2n) is 4.76. The molecule has 0 aromatic carbocycles. The van der Waals surface area contributed by atoms with Gasteiger partial charge < -0.3 is 15.3 Å². The molecule has 0 radical (unpaired) electrons. The standard InChI is InChI=1S/C13H22N2O3/c1-15(2)13(18)11-7-4-3-6-10(11)12(17)14-8-5-9-16/h3-4,10-11,16H,5-9H2,1-2H3,(H,14,17). The van der Waals surface area contributed by atoms with Crippen molar-refractivity contribution in [1.82, 2.24) is 10.2 Å². The zero-order valence-electron chi connectivity index (χ0n) is 11.1. The summed E-state index contributed by atoms with van der Waals surface area (Å²) in [7, 11) is 3.42. The van der Waals surface area contributed by atoms with E-state index in [0.717, 1.165) is 0 Å². The molecule has 18 heavy (non-hydrogen) atoms. The lowest BCUT2D eigenvalue weighted by Crippen LogP contribution is -2.42. The van der Waals surface area contributed by atoms with Crippen LogP contribution in [0.4, 0.5) is 0 Å². The van der Waals surface area contributed by atoms with E-state index < -0.39 is 0 Å². The van der Waals surface area contributed by atoms with Gasteiger partial charge in [0.15, 0.2) is 0 Å². The molecule has 2 amide bonds. The summed E-state index contributed by atoms with van der Waals surface area (Å²) in [5.41, 5.74) is 0. The number of allylic oxidation sites excluding steroid dienone is 2. The monoisotopic (exact) mass is 254 g/mol. The van der Waals surface area contributed by atoms with E-state index in [9.17, 15) is 9.59 Å². The Hall–Kier alpha value is -1.36. The lowest BCUT2D eigenvalue weighted by Gasteiger charge is -2.28. The summed E-state index contributed by atoms with van der Waals surface area (Å²) >= 11 is 0. The van der Waals surface area contributed by atoms with E-state index in [2.05, 4.69) is 5.32 Å².